The number of hydrogen-bond donors (Lipinski definition) is 1. The van der Waals surface area contributed by atoms with Gasteiger partial charge in [0.05, 0.1) is 6.61 Å². The molecule has 96 valence electrons. The maximum atomic E-state index is 11.2. The van der Waals surface area contributed by atoms with Gasteiger partial charge < -0.3 is 19.3 Å². The number of aliphatic hydroxyl groups is 1. The van der Waals surface area contributed by atoms with Gasteiger partial charge in [-0.2, -0.15) is 0 Å². The molecule has 0 aliphatic carbocycles. The van der Waals surface area contributed by atoms with Crippen molar-refractivity contribution in [2.45, 2.75) is 25.6 Å². The largest absolute Gasteiger partial charge is 0.506 e. The van der Waals surface area contributed by atoms with E-state index >= 15 is 0 Å². The Labute approximate surface area is 98.3 Å². The Balaban J connectivity index is 2.78. The third-order valence-electron chi connectivity index (χ3n) is 2.24. The first-order chi connectivity index (χ1) is 8.15. The van der Waals surface area contributed by atoms with E-state index in [0.717, 1.165) is 6.42 Å². The van der Waals surface area contributed by atoms with Crippen LogP contribution in [0.15, 0.2) is 16.6 Å². The molecule has 0 saturated carbocycles. The van der Waals surface area contributed by atoms with Crippen LogP contribution in [-0.4, -0.2) is 43.6 Å². The number of rotatable bonds is 7. The molecule has 1 aliphatic rings. The highest BCUT2D eigenvalue weighted by Gasteiger charge is 2.41. The molecule has 0 fully saturated rings. The van der Waals surface area contributed by atoms with Crippen LogP contribution < -0.4 is 0 Å². The zero-order valence-electron chi connectivity index (χ0n) is 9.71. The SMILES string of the molecule is CCCOC(COC)[C@@H]1OC(=O)C(N=O)=C1O. The fraction of sp³-hybridized carbons (Fsp3) is 0.700. The lowest BCUT2D eigenvalue weighted by Gasteiger charge is -2.22. The summed E-state index contributed by atoms with van der Waals surface area (Å²) in [6.07, 6.45) is -0.908. The second-order valence-corrected chi connectivity index (χ2v) is 3.52. The molecule has 7 heteroatoms. The molecule has 1 aliphatic heterocycles. The Bertz CT molecular complexity index is 327. The summed E-state index contributed by atoms with van der Waals surface area (Å²) < 4.78 is 15.1. The molecule has 1 N–H and O–H groups in total. The number of nitrogens with zero attached hydrogens (tertiary/aromatic N) is 1. The number of hydrogen-bond acceptors (Lipinski definition) is 7. The maximum absolute atomic E-state index is 11.2. The van der Waals surface area contributed by atoms with Crippen molar-refractivity contribution in [1.29, 1.82) is 0 Å². The monoisotopic (exact) mass is 245 g/mol. The molecular weight excluding hydrogens is 230 g/mol. The number of nitroso groups, excluding NO2 is 1. The first kappa shape index (κ1) is 13.6. The van der Waals surface area contributed by atoms with Crippen molar-refractivity contribution in [2.75, 3.05) is 20.3 Å². The van der Waals surface area contributed by atoms with E-state index in [4.69, 9.17) is 14.2 Å². The topological polar surface area (TPSA) is 94.4 Å². The van der Waals surface area contributed by atoms with Crippen molar-refractivity contribution in [3.05, 3.63) is 16.4 Å². The van der Waals surface area contributed by atoms with Gasteiger partial charge in [0.25, 0.3) is 0 Å². The van der Waals surface area contributed by atoms with E-state index in [1.807, 2.05) is 6.92 Å². The molecule has 17 heavy (non-hydrogen) atoms. The van der Waals surface area contributed by atoms with Gasteiger partial charge in [0.15, 0.2) is 11.9 Å². The van der Waals surface area contributed by atoms with E-state index in [1.54, 1.807) is 0 Å². The molecular formula is C10H15NO6. The van der Waals surface area contributed by atoms with Crippen LogP contribution in [0.5, 0.6) is 0 Å². The molecule has 0 aromatic rings. The van der Waals surface area contributed by atoms with Gasteiger partial charge in [-0.25, -0.2) is 4.79 Å². The number of carbonyl (C=O) groups excluding carboxylic acids is 1. The Hall–Kier alpha value is -1.47. The lowest BCUT2D eigenvalue weighted by molar-refractivity contribution is -0.149. The minimum Gasteiger partial charge on any atom is -0.506 e. The van der Waals surface area contributed by atoms with E-state index in [1.165, 1.54) is 7.11 Å². The van der Waals surface area contributed by atoms with Gasteiger partial charge >= 0.3 is 5.97 Å². The van der Waals surface area contributed by atoms with Gasteiger partial charge in [-0.3, -0.25) is 0 Å². The van der Waals surface area contributed by atoms with Crippen LogP contribution in [0.3, 0.4) is 0 Å². The summed E-state index contributed by atoms with van der Waals surface area (Å²) in [6.45, 7) is 2.48. The minimum atomic E-state index is -1.03. The maximum Gasteiger partial charge on any atom is 0.365 e. The zero-order chi connectivity index (χ0) is 12.8. The second kappa shape index (κ2) is 6.31. The van der Waals surface area contributed by atoms with Crippen LogP contribution in [0.4, 0.5) is 0 Å². The fourth-order valence-electron chi connectivity index (χ4n) is 1.46. The first-order valence-corrected chi connectivity index (χ1v) is 5.23. The van der Waals surface area contributed by atoms with Crippen molar-refractivity contribution in [2.24, 2.45) is 5.18 Å². The third kappa shape index (κ3) is 3.01. The quantitative estimate of drug-likeness (QED) is 0.528. The fourth-order valence-corrected chi connectivity index (χ4v) is 1.46. The van der Waals surface area contributed by atoms with Crippen LogP contribution in [0.2, 0.25) is 0 Å². The number of cyclic esters (lactones) is 1. The number of carbonyl (C=O) groups is 1. The molecule has 1 rings (SSSR count). The van der Waals surface area contributed by atoms with Gasteiger partial charge in [-0.1, -0.05) is 6.92 Å². The highest BCUT2D eigenvalue weighted by atomic mass is 16.6. The summed E-state index contributed by atoms with van der Waals surface area (Å²) in [5.41, 5.74) is -0.601. The predicted molar refractivity (Wildman–Crippen MR) is 57.2 cm³/mol. The van der Waals surface area contributed by atoms with E-state index in [-0.39, 0.29) is 6.61 Å². The lowest BCUT2D eigenvalue weighted by atomic mass is 10.1. The van der Waals surface area contributed by atoms with Crippen molar-refractivity contribution < 1.29 is 24.1 Å². The van der Waals surface area contributed by atoms with Gasteiger partial charge in [0, 0.05) is 13.7 Å². The van der Waals surface area contributed by atoms with Gasteiger partial charge in [-0.15, -0.1) is 4.91 Å². The van der Waals surface area contributed by atoms with Crippen LogP contribution >= 0.6 is 0 Å². The van der Waals surface area contributed by atoms with Crippen molar-refractivity contribution >= 4 is 5.97 Å². The summed E-state index contributed by atoms with van der Waals surface area (Å²) in [7, 11) is 1.46. The van der Waals surface area contributed by atoms with Gasteiger partial charge in [0.2, 0.25) is 5.70 Å². The van der Waals surface area contributed by atoms with Crippen molar-refractivity contribution in [3.63, 3.8) is 0 Å². The Kier molecular flexibility index (Phi) is 5.05. The molecule has 0 bridgehead atoms. The number of ether oxygens (including phenoxy) is 3. The summed E-state index contributed by atoms with van der Waals surface area (Å²) in [5, 5.41) is 12.1. The normalized spacial score (nSPS) is 21.5. The average molecular weight is 245 g/mol. The Morgan fingerprint density at radius 2 is 2.29 bits per heavy atom. The molecule has 0 spiro atoms. The van der Waals surface area contributed by atoms with E-state index in [0.29, 0.717) is 6.61 Å². The standard InChI is InChI=1S/C10H15NO6/c1-3-4-16-6(5-15-2)9-8(12)7(11-14)10(13)17-9/h6,9,12H,3-5H2,1-2H3/t6?,9-/m0/s1. The summed E-state index contributed by atoms with van der Waals surface area (Å²) >= 11 is 0. The zero-order valence-corrected chi connectivity index (χ0v) is 9.71. The summed E-state index contributed by atoms with van der Waals surface area (Å²) in [4.78, 5) is 21.5. The second-order valence-electron chi connectivity index (χ2n) is 3.52. The molecule has 1 heterocycles. The van der Waals surface area contributed by atoms with Gasteiger partial charge in [-0.05, 0) is 11.6 Å². The third-order valence-corrected chi connectivity index (χ3v) is 2.24. The van der Waals surface area contributed by atoms with Crippen LogP contribution in [0.1, 0.15) is 13.3 Å². The van der Waals surface area contributed by atoms with Crippen molar-refractivity contribution in [1.82, 2.24) is 0 Å². The van der Waals surface area contributed by atoms with Gasteiger partial charge in [0.1, 0.15) is 6.10 Å². The Morgan fingerprint density at radius 3 is 2.76 bits per heavy atom. The van der Waals surface area contributed by atoms with Crippen molar-refractivity contribution in [3.8, 4) is 0 Å². The van der Waals surface area contributed by atoms with Crippen LogP contribution in [-0.2, 0) is 19.0 Å². The highest BCUT2D eigenvalue weighted by Crippen LogP contribution is 2.25. The predicted octanol–water partition coefficient (Wildman–Crippen LogP) is 0.889. The van der Waals surface area contributed by atoms with Crippen LogP contribution in [0, 0.1) is 4.91 Å². The summed E-state index contributed by atoms with van der Waals surface area (Å²) in [6, 6.07) is 0. The van der Waals surface area contributed by atoms with Crippen LogP contribution in [0.25, 0.3) is 0 Å². The number of aliphatic hydroxyl groups excluding tert-OH is 1. The molecule has 0 radical (unpaired) electrons. The molecule has 0 saturated heterocycles. The molecule has 1 unspecified atom stereocenters. The minimum absolute atomic E-state index is 0.133. The molecule has 2 atom stereocenters. The molecule has 7 nitrogen and oxygen atoms in total. The molecule has 0 aromatic heterocycles. The Morgan fingerprint density at radius 1 is 1.59 bits per heavy atom. The molecule has 0 amide bonds. The number of methoxy groups -OCH3 is 1. The summed E-state index contributed by atoms with van der Waals surface area (Å²) in [5.74, 6) is -1.44. The number of esters is 1. The first-order valence-electron chi connectivity index (χ1n) is 5.23. The van der Waals surface area contributed by atoms with E-state index < -0.39 is 29.6 Å². The van der Waals surface area contributed by atoms with E-state index in [9.17, 15) is 14.8 Å². The highest BCUT2D eigenvalue weighted by molar-refractivity contribution is 5.91. The van der Waals surface area contributed by atoms with E-state index in [2.05, 4.69) is 5.18 Å². The lowest BCUT2D eigenvalue weighted by Crippen LogP contribution is -2.35. The molecule has 0 aromatic carbocycles. The smallest absolute Gasteiger partial charge is 0.365 e. The average Bonchev–Trinajstić information content (AvgIpc) is 2.60.